The summed E-state index contributed by atoms with van der Waals surface area (Å²) in [5.74, 6) is -0.872. The van der Waals surface area contributed by atoms with E-state index in [1.54, 1.807) is 0 Å². The van der Waals surface area contributed by atoms with Crippen molar-refractivity contribution in [3.63, 3.8) is 0 Å². The summed E-state index contributed by atoms with van der Waals surface area (Å²) >= 11 is 1.93. The Balaban J connectivity index is 2.23. The molecule has 0 saturated heterocycles. The second kappa shape index (κ2) is 5.22. The van der Waals surface area contributed by atoms with Gasteiger partial charge in [-0.15, -0.1) is 0 Å². The van der Waals surface area contributed by atoms with Crippen molar-refractivity contribution in [2.24, 2.45) is 0 Å². The van der Waals surface area contributed by atoms with E-state index in [4.69, 9.17) is 0 Å². The van der Waals surface area contributed by atoms with Crippen LogP contribution in [-0.2, 0) is 0 Å². The molecule has 9 heteroatoms. The second-order valence-electron chi connectivity index (χ2n) is 3.51. The van der Waals surface area contributed by atoms with Crippen LogP contribution in [0.3, 0.4) is 0 Å². The topological polar surface area (TPSA) is 121 Å². The molecule has 1 aromatic carbocycles. The maximum absolute atomic E-state index is 11.8. The third-order valence-corrected chi connectivity index (χ3v) is 3.08. The maximum atomic E-state index is 11.8. The number of benzene rings is 1. The number of non-ortho nitro benzene ring substituents is 1. The highest BCUT2D eigenvalue weighted by atomic mass is 127. The third kappa shape index (κ3) is 2.81. The lowest BCUT2D eigenvalue weighted by molar-refractivity contribution is -0.384. The average Bonchev–Trinajstić information content (AvgIpc) is 2.77. The summed E-state index contributed by atoms with van der Waals surface area (Å²) in [7, 11) is 0. The number of aromatic nitrogens is 2. The van der Waals surface area contributed by atoms with E-state index in [-0.39, 0.29) is 22.8 Å². The summed E-state index contributed by atoms with van der Waals surface area (Å²) in [5.41, 5.74) is 0.0750. The van der Waals surface area contributed by atoms with Gasteiger partial charge in [-0.3, -0.25) is 20.0 Å². The Hall–Kier alpha value is -2.17. The van der Waals surface area contributed by atoms with Crippen molar-refractivity contribution in [1.82, 2.24) is 10.2 Å². The lowest BCUT2D eigenvalue weighted by atomic mass is 10.2. The number of phenols is 1. The fourth-order valence-corrected chi connectivity index (χ4v) is 1.86. The first-order valence-corrected chi connectivity index (χ1v) is 6.04. The molecular formula is C10H7IN4O4. The molecule has 0 aliphatic rings. The van der Waals surface area contributed by atoms with Gasteiger partial charge in [0.2, 0.25) is 0 Å². The van der Waals surface area contributed by atoms with Crippen LogP contribution in [0.4, 0.5) is 11.4 Å². The molecule has 19 heavy (non-hydrogen) atoms. The number of rotatable bonds is 3. The molecule has 0 bridgehead atoms. The Morgan fingerprint density at radius 3 is 2.79 bits per heavy atom. The van der Waals surface area contributed by atoms with Crippen LogP contribution in [0.2, 0.25) is 0 Å². The molecule has 0 aliphatic heterocycles. The summed E-state index contributed by atoms with van der Waals surface area (Å²) in [6.07, 6.45) is 1.48. The van der Waals surface area contributed by atoms with Gasteiger partial charge in [-0.25, -0.2) is 0 Å². The number of hydrogen-bond acceptors (Lipinski definition) is 5. The van der Waals surface area contributed by atoms with Crippen LogP contribution in [0.1, 0.15) is 10.5 Å². The van der Waals surface area contributed by atoms with E-state index in [9.17, 15) is 20.0 Å². The quantitative estimate of drug-likeness (QED) is 0.328. The molecule has 2 rings (SSSR count). The molecule has 0 radical (unpaired) electrons. The number of aromatic amines is 1. The van der Waals surface area contributed by atoms with Gasteiger partial charge in [-0.05, 0) is 28.7 Å². The van der Waals surface area contributed by atoms with Gasteiger partial charge in [0.25, 0.3) is 11.6 Å². The lowest BCUT2D eigenvalue weighted by Crippen LogP contribution is -2.13. The average molecular weight is 374 g/mol. The van der Waals surface area contributed by atoms with Gasteiger partial charge in [-0.1, -0.05) is 0 Å². The minimum atomic E-state index is -0.636. The van der Waals surface area contributed by atoms with Gasteiger partial charge >= 0.3 is 0 Å². The summed E-state index contributed by atoms with van der Waals surface area (Å²) in [4.78, 5) is 21.7. The largest absolute Gasteiger partial charge is 0.506 e. The molecule has 98 valence electrons. The Morgan fingerprint density at radius 2 is 2.26 bits per heavy atom. The summed E-state index contributed by atoms with van der Waals surface area (Å²) in [6, 6.07) is 3.41. The van der Waals surface area contributed by atoms with E-state index in [0.717, 1.165) is 6.07 Å². The molecule has 0 atom stereocenters. The molecule has 1 amide bonds. The molecular weight excluding hydrogens is 367 g/mol. The van der Waals surface area contributed by atoms with E-state index in [1.165, 1.54) is 18.3 Å². The van der Waals surface area contributed by atoms with Gasteiger partial charge in [0, 0.05) is 6.07 Å². The fraction of sp³-hybridized carbons (Fsp3) is 0. The standard InChI is InChI=1S/C10H7IN4O4/c11-6-4-12-14-9(6)10(17)13-7-2-1-5(15(18)19)3-8(7)16/h1-4,16H,(H,12,14)(H,13,17). The number of halogens is 1. The number of carbonyl (C=O) groups is 1. The highest BCUT2D eigenvalue weighted by Gasteiger charge is 2.15. The minimum Gasteiger partial charge on any atom is -0.506 e. The third-order valence-electron chi connectivity index (χ3n) is 2.26. The highest BCUT2D eigenvalue weighted by Crippen LogP contribution is 2.28. The molecule has 3 N–H and O–H groups in total. The van der Waals surface area contributed by atoms with Crippen LogP contribution in [0.25, 0.3) is 0 Å². The molecule has 0 unspecified atom stereocenters. The first kappa shape index (κ1) is 13.3. The smallest absolute Gasteiger partial charge is 0.274 e. The lowest BCUT2D eigenvalue weighted by Gasteiger charge is -2.06. The predicted octanol–water partition coefficient (Wildman–Crippen LogP) is 1.88. The van der Waals surface area contributed by atoms with E-state index >= 15 is 0 Å². The van der Waals surface area contributed by atoms with Crippen LogP contribution in [-0.4, -0.2) is 26.1 Å². The van der Waals surface area contributed by atoms with Crippen LogP contribution in [0, 0.1) is 13.7 Å². The Bertz CT molecular complexity index is 655. The normalized spacial score (nSPS) is 10.2. The maximum Gasteiger partial charge on any atom is 0.274 e. The number of H-pyrrole nitrogens is 1. The number of carbonyl (C=O) groups excluding carboxylic acids is 1. The van der Waals surface area contributed by atoms with Crippen molar-refractivity contribution >= 4 is 39.9 Å². The molecule has 0 aliphatic carbocycles. The van der Waals surface area contributed by atoms with E-state index < -0.39 is 10.8 Å². The number of nitro benzene ring substituents is 1. The van der Waals surface area contributed by atoms with E-state index in [0.29, 0.717) is 3.57 Å². The minimum absolute atomic E-state index is 0.0843. The molecule has 2 aromatic rings. The van der Waals surface area contributed by atoms with Crippen molar-refractivity contribution in [3.05, 3.63) is 43.8 Å². The Labute approximate surface area is 120 Å². The van der Waals surface area contributed by atoms with Crippen LogP contribution in [0.15, 0.2) is 24.4 Å². The monoisotopic (exact) mass is 374 g/mol. The molecule has 0 spiro atoms. The number of nitrogens with zero attached hydrogens (tertiary/aromatic N) is 2. The van der Waals surface area contributed by atoms with Gasteiger partial charge in [0.15, 0.2) is 0 Å². The number of nitro groups is 1. The number of phenolic OH excluding ortho intramolecular Hbond substituents is 1. The zero-order valence-electron chi connectivity index (χ0n) is 9.25. The van der Waals surface area contributed by atoms with E-state index in [1.807, 2.05) is 22.6 Å². The fourth-order valence-electron chi connectivity index (χ4n) is 1.35. The molecule has 1 heterocycles. The number of aromatic hydroxyl groups is 1. The zero-order chi connectivity index (χ0) is 14.0. The molecule has 8 nitrogen and oxygen atoms in total. The summed E-state index contributed by atoms with van der Waals surface area (Å²) in [6.45, 7) is 0. The number of hydrogen-bond donors (Lipinski definition) is 3. The van der Waals surface area contributed by atoms with Crippen molar-refractivity contribution in [1.29, 1.82) is 0 Å². The van der Waals surface area contributed by atoms with Gasteiger partial charge in [0.05, 0.1) is 26.4 Å². The highest BCUT2D eigenvalue weighted by molar-refractivity contribution is 14.1. The number of anilines is 1. The Kier molecular flexibility index (Phi) is 3.64. The summed E-state index contributed by atoms with van der Waals surface area (Å²) in [5, 5.41) is 28.8. The molecule has 0 fully saturated rings. The van der Waals surface area contributed by atoms with Crippen LogP contribution >= 0.6 is 22.6 Å². The van der Waals surface area contributed by atoms with Crippen LogP contribution < -0.4 is 5.32 Å². The predicted molar refractivity (Wildman–Crippen MR) is 74.0 cm³/mol. The van der Waals surface area contributed by atoms with Gasteiger partial charge in [-0.2, -0.15) is 5.10 Å². The van der Waals surface area contributed by atoms with Crippen molar-refractivity contribution in [2.75, 3.05) is 5.32 Å². The van der Waals surface area contributed by atoms with Gasteiger partial charge in [0.1, 0.15) is 11.4 Å². The first-order valence-electron chi connectivity index (χ1n) is 4.96. The van der Waals surface area contributed by atoms with Crippen molar-refractivity contribution in [3.8, 4) is 5.75 Å². The van der Waals surface area contributed by atoms with Gasteiger partial charge < -0.3 is 10.4 Å². The number of nitrogens with one attached hydrogen (secondary N) is 2. The SMILES string of the molecule is O=C(Nc1ccc([N+](=O)[O-])cc1O)c1[nH]ncc1I. The number of amides is 1. The molecule has 0 saturated carbocycles. The Morgan fingerprint density at radius 1 is 1.53 bits per heavy atom. The van der Waals surface area contributed by atoms with Crippen molar-refractivity contribution in [2.45, 2.75) is 0 Å². The second-order valence-corrected chi connectivity index (χ2v) is 4.67. The zero-order valence-corrected chi connectivity index (χ0v) is 11.4. The first-order chi connectivity index (χ1) is 8.99. The van der Waals surface area contributed by atoms with Crippen molar-refractivity contribution < 1.29 is 14.8 Å². The van der Waals surface area contributed by atoms with E-state index in [2.05, 4.69) is 15.5 Å². The molecule has 1 aromatic heterocycles. The van der Waals surface area contributed by atoms with Crippen LogP contribution in [0.5, 0.6) is 5.75 Å². The summed E-state index contributed by atoms with van der Waals surface area (Å²) < 4.78 is 0.622.